The lowest BCUT2D eigenvalue weighted by atomic mass is 9.91. The third-order valence-electron chi connectivity index (χ3n) is 6.20. The molecule has 0 amide bonds. The molecule has 1 aromatic heterocycles. The maximum atomic E-state index is 8.98. The van der Waals surface area contributed by atoms with Crippen molar-refractivity contribution in [1.82, 2.24) is 0 Å². The molecule has 1 nitrogen and oxygen atoms in total. The van der Waals surface area contributed by atoms with Gasteiger partial charge in [0.25, 0.3) is 0 Å². The van der Waals surface area contributed by atoms with Gasteiger partial charge in [-0.3, -0.25) is 0 Å². The summed E-state index contributed by atoms with van der Waals surface area (Å²) in [5.74, 6) is 0. The smallest absolute Gasteiger partial charge is 0.143 e. The number of hydrogen-bond acceptors (Lipinski definition) is 1. The summed E-state index contributed by atoms with van der Waals surface area (Å²) in [5, 5.41) is 7.53. The molecule has 0 radical (unpaired) electrons. The Morgan fingerprint density at radius 1 is 0.516 bits per heavy atom. The number of para-hydroxylation sites is 1. The van der Waals surface area contributed by atoms with Crippen molar-refractivity contribution in [3.05, 3.63) is 109 Å². The first-order valence-corrected chi connectivity index (χ1v) is 10.4. The molecular weight excluding hydrogens is 376 g/mol. The van der Waals surface area contributed by atoms with Gasteiger partial charge in [-0.25, -0.2) is 0 Å². The minimum atomic E-state index is -0.0876. The van der Waals surface area contributed by atoms with Gasteiger partial charge in [0.05, 0.1) is 4.11 Å². The molecule has 31 heavy (non-hydrogen) atoms. The van der Waals surface area contributed by atoms with Crippen LogP contribution in [0.25, 0.3) is 65.4 Å². The van der Waals surface area contributed by atoms with Gasteiger partial charge in [0.15, 0.2) is 0 Å². The van der Waals surface area contributed by atoms with Gasteiger partial charge in [-0.1, -0.05) is 97.0 Å². The van der Waals surface area contributed by atoms with Gasteiger partial charge in [0.2, 0.25) is 0 Å². The Kier molecular flexibility index (Phi) is 2.80. The zero-order chi connectivity index (χ0) is 23.0. The minimum Gasteiger partial charge on any atom is -0.455 e. The summed E-state index contributed by atoms with van der Waals surface area (Å²) in [6.07, 6.45) is 0. The quantitative estimate of drug-likeness (QED) is 0.252. The van der Waals surface area contributed by atoms with E-state index in [1.807, 2.05) is 60.7 Å². The van der Waals surface area contributed by atoms with E-state index < -0.39 is 0 Å². The van der Waals surface area contributed by atoms with Gasteiger partial charge >= 0.3 is 0 Å². The molecule has 0 aliphatic heterocycles. The van der Waals surface area contributed by atoms with Crippen molar-refractivity contribution in [2.24, 2.45) is 0 Å². The highest BCUT2D eigenvalue weighted by Gasteiger charge is 2.17. The second kappa shape index (κ2) is 6.20. The first-order valence-electron chi connectivity index (χ1n) is 11.9. The van der Waals surface area contributed by atoms with Crippen LogP contribution in [-0.4, -0.2) is 0 Å². The maximum Gasteiger partial charge on any atom is 0.143 e. The van der Waals surface area contributed by atoms with Crippen molar-refractivity contribution in [3.63, 3.8) is 0 Å². The Labute approximate surface area is 183 Å². The van der Waals surface area contributed by atoms with Crippen molar-refractivity contribution in [3.8, 4) is 11.1 Å². The highest BCUT2D eigenvalue weighted by atomic mass is 16.3. The summed E-state index contributed by atoms with van der Waals surface area (Å²) in [5.41, 5.74) is 2.64. The van der Waals surface area contributed by atoms with Crippen LogP contribution < -0.4 is 0 Å². The molecule has 0 unspecified atom stereocenters. The summed E-state index contributed by atoms with van der Waals surface area (Å²) >= 11 is 0. The van der Waals surface area contributed by atoms with Gasteiger partial charge in [0, 0.05) is 27.3 Å². The molecule has 0 aliphatic carbocycles. The monoisotopic (exact) mass is 397 g/mol. The van der Waals surface area contributed by atoms with Crippen molar-refractivity contribution in [2.45, 2.75) is 0 Å². The number of rotatable bonds is 1. The van der Waals surface area contributed by atoms with Crippen LogP contribution in [0, 0.1) is 0 Å². The summed E-state index contributed by atoms with van der Waals surface area (Å²) in [6, 6.07) is 30.4. The van der Waals surface area contributed by atoms with Gasteiger partial charge in [0.1, 0.15) is 11.2 Å². The van der Waals surface area contributed by atoms with Crippen molar-refractivity contribution >= 4 is 54.3 Å². The molecule has 0 atom stereocenters. The topological polar surface area (TPSA) is 13.1 Å². The number of hydrogen-bond donors (Lipinski definition) is 0. The molecule has 1 heterocycles. The normalized spacial score (nSPS) is 13.2. The Balaban J connectivity index is 1.77. The van der Waals surface area contributed by atoms with Crippen LogP contribution in [0.3, 0.4) is 0 Å². The predicted molar refractivity (Wildman–Crippen MR) is 132 cm³/mol. The molecule has 144 valence electrons. The van der Waals surface area contributed by atoms with E-state index in [4.69, 9.17) is 8.53 Å². The second-order valence-corrected chi connectivity index (χ2v) is 7.91. The van der Waals surface area contributed by atoms with E-state index in [0.717, 1.165) is 43.3 Å². The SMILES string of the molecule is [2H]c1c([2H])c([2H])c2c(oc3c4ccccc4ccc32)c1-c1c2ccccc2cc2ccccc12. The van der Waals surface area contributed by atoms with E-state index in [-0.39, 0.29) is 18.1 Å². The van der Waals surface area contributed by atoms with Crippen LogP contribution in [0.1, 0.15) is 4.11 Å². The first kappa shape index (κ1) is 14.0. The van der Waals surface area contributed by atoms with E-state index >= 15 is 0 Å². The van der Waals surface area contributed by atoms with Crippen LogP contribution in [0.15, 0.2) is 114 Å². The molecule has 7 rings (SSSR count). The van der Waals surface area contributed by atoms with E-state index in [9.17, 15) is 0 Å². The third-order valence-corrected chi connectivity index (χ3v) is 6.20. The lowest BCUT2D eigenvalue weighted by Gasteiger charge is -2.12. The fourth-order valence-corrected chi connectivity index (χ4v) is 4.80. The zero-order valence-corrected chi connectivity index (χ0v) is 16.6. The molecular formula is C30H18O. The van der Waals surface area contributed by atoms with Crippen LogP contribution in [0.2, 0.25) is 0 Å². The summed E-state index contributed by atoms with van der Waals surface area (Å²) < 4.78 is 33.0. The van der Waals surface area contributed by atoms with Crippen LogP contribution in [0.4, 0.5) is 0 Å². The van der Waals surface area contributed by atoms with Crippen molar-refractivity contribution in [2.75, 3.05) is 0 Å². The van der Waals surface area contributed by atoms with Crippen molar-refractivity contribution < 1.29 is 8.53 Å². The van der Waals surface area contributed by atoms with Gasteiger partial charge in [-0.2, -0.15) is 0 Å². The molecule has 0 aliphatic rings. The Bertz CT molecular complexity index is 1900. The number of fused-ring (bicyclic) bond motifs is 7. The van der Waals surface area contributed by atoms with Gasteiger partial charge in [-0.05, 0) is 39.1 Å². The summed E-state index contributed by atoms with van der Waals surface area (Å²) in [4.78, 5) is 0. The molecule has 0 bridgehead atoms. The maximum absolute atomic E-state index is 8.98. The van der Waals surface area contributed by atoms with E-state index in [2.05, 4.69) is 30.3 Å². The van der Waals surface area contributed by atoms with Crippen LogP contribution >= 0.6 is 0 Å². The minimum absolute atomic E-state index is 0.0161. The lowest BCUT2D eigenvalue weighted by Crippen LogP contribution is -1.86. The largest absolute Gasteiger partial charge is 0.455 e. The highest BCUT2D eigenvalue weighted by Crippen LogP contribution is 2.43. The molecule has 0 fully saturated rings. The third kappa shape index (κ3) is 2.32. The molecule has 0 spiro atoms. The van der Waals surface area contributed by atoms with Gasteiger partial charge in [-0.15, -0.1) is 0 Å². The molecule has 0 saturated heterocycles. The summed E-state index contributed by atoms with van der Waals surface area (Å²) in [6.45, 7) is 0. The zero-order valence-electron chi connectivity index (χ0n) is 19.6. The Hall–Kier alpha value is -4.10. The molecule has 7 aromatic rings. The number of benzene rings is 6. The Morgan fingerprint density at radius 2 is 1.16 bits per heavy atom. The standard InChI is InChI=1S/C30H18O/c1-6-13-24-19(8-1)16-17-26-25-14-7-15-27(30(25)31-29(24)26)28-22-11-4-2-9-20(22)18-21-10-3-5-12-23(21)28/h1-18H/i7D,14D,15D. The molecule has 6 aromatic carbocycles. The highest BCUT2D eigenvalue weighted by molar-refractivity contribution is 6.21. The lowest BCUT2D eigenvalue weighted by molar-refractivity contribution is 0.674. The van der Waals surface area contributed by atoms with Crippen LogP contribution in [-0.2, 0) is 0 Å². The molecule has 0 saturated carbocycles. The van der Waals surface area contributed by atoms with E-state index in [0.29, 0.717) is 22.1 Å². The van der Waals surface area contributed by atoms with E-state index in [1.165, 1.54) is 0 Å². The van der Waals surface area contributed by atoms with Gasteiger partial charge < -0.3 is 4.42 Å². The average Bonchev–Trinajstić information content (AvgIpc) is 3.27. The van der Waals surface area contributed by atoms with Crippen molar-refractivity contribution in [1.29, 1.82) is 0 Å². The number of furan rings is 1. The van der Waals surface area contributed by atoms with E-state index in [1.54, 1.807) is 0 Å². The fourth-order valence-electron chi connectivity index (χ4n) is 4.80. The molecule has 0 N–H and O–H groups in total. The predicted octanol–water partition coefficient (Wildman–Crippen LogP) is 8.71. The molecule has 1 heteroatoms. The first-order chi connectivity index (χ1) is 16.6. The second-order valence-electron chi connectivity index (χ2n) is 7.91. The Morgan fingerprint density at radius 3 is 1.90 bits per heavy atom. The fraction of sp³-hybridized carbons (Fsp3) is 0. The van der Waals surface area contributed by atoms with Crippen LogP contribution in [0.5, 0.6) is 0 Å². The average molecular weight is 397 g/mol. The summed E-state index contributed by atoms with van der Waals surface area (Å²) in [7, 11) is 0.